The molecule has 0 N–H and O–H groups in total. The minimum absolute atomic E-state index is 0.730. The predicted octanol–water partition coefficient (Wildman–Crippen LogP) is 16.7. The van der Waals surface area contributed by atoms with Gasteiger partial charge in [0.05, 0.1) is 0 Å². The van der Waals surface area contributed by atoms with E-state index in [4.69, 9.17) is 0 Å². The molecule has 4 unspecified atom stereocenters. The van der Waals surface area contributed by atoms with Crippen LogP contribution in [0.2, 0.25) is 0 Å². The molecule has 0 aliphatic heterocycles. The van der Waals surface area contributed by atoms with Gasteiger partial charge in [-0.2, -0.15) is 0 Å². The molecule has 4 fully saturated rings. The first-order valence-corrected chi connectivity index (χ1v) is 23.9. The van der Waals surface area contributed by atoms with E-state index >= 15 is 0 Å². The second kappa shape index (κ2) is 14.9. The SMILES string of the molecule is c1ccc(N(c2cccc(-c3ccc4c(c3)C3CC5CC(CC4C5)C3)c2)c2cccc(N(c3ccccc3)c3cccc(-c4ccc5c(c4)C4CC6CC(CC5C6)C4)c3)c2)cc1. The molecule has 0 amide bonds. The minimum atomic E-state index is 0.730. The van der Waals surface area contributed by atoms with E-state index in [-0.39, 0.29) is 0 Å². The molecule has 8 aliphatic carbocycles. The molecule has 0 spiro atoms. The standard InChI is InChI=1S/C60H56N2/c1-3-12-51(13-4-1)61(53-16-7-10-43(34-53)45-20-22-57-47-26-39-24-40(27-47)31-49(30-39)59(57)36-45)55-18-9-19-56(38-55)62(52-14-5-2-6-15-52)54-17-8-11-44(35-54)46-21-23-58-48-28-41-25-42(29-48)33-50(32-41)60(58)37-46/h1-23,34-42,47-50H,24-33H2. The summed E-state index contributed by atoms with van der Waals surface area (Å²) in [5.41, 5.74) is 18.8. The summed E-state index contributed by atoms with van der Waals surface area (Å²) in [4.78, 5) is 4.87. The van der Waals surface area contributed by atoms with Gasteiger partial charge in [0.25, 0.3) is 0 Å². The number of rotatable bonds is 8. The Morgan fingerprint density at radius 3 is 0.968 bits per heavy atom. The van der Waals surface area contributed by atoms with Crippen molar-refractivity contribution in [1.29, 1.82) is 0 Å². The molecule has 0 heterocycles. The van der Waals surface area contributed by atoms with E-state index in [0.717, 1.165) is 70.1 Å². The average Bonchev–Trinajstić information content (AvgIpc) is 3.59. The van der Waals surface area contributed by atoms with Crippen LogP contribution in [0.25, 0.3) is 22.3 Å². The number of para-hydroxylation sites is 2. The Morgan fingerprint density at radius 1 is 0.242 bits per heavy atom. The van der Waals surface area contributed by atoms with Crippen LogP contribution in [0, 0.1) is 23.7 Å². The van der Waals surface area contributed by atoms with Gasteiger partial charge in [0.1, 0.15) is 0 Å². The number of hydrogen-bond donors (Lipinski definition) is 0. The summed E-state index contributed by atoms with van der Waals surface area (Å²) in [5, 5.41) is 0. The first kappa shape index (κ1) is 36.8. The maximum Gasteiger partial charge on any atom is 0.0482 e. The van der Waals surface area contributed by atoms with Crippen molar-refractivity contribution in [3.63, 3.8) is 0 Å². The van der Waals surface area contributed by atoms with E-state index < -0.39 is 0 Å². The van der Waals surface area contributed by atoms with Crippen LogP contribution in [0.5, 0.6) is 0 Å². The van der Waals surface area contributed by atoms with Crippen LogP contribution in [0.1, 0.15) is 110 Å². The molecule has 15 rings (SSSR count). The first-order chi connectivity index (χ1) is 30.6. The van der Waals surface area contributed by atoms with Gasteiger partial charge in [-0.15, -0.1) is 0 Å². The lowest BCUT2D eigenvalue weighted by Crippen LogP contribution is -2.25. The molecule has 0 radical (unpaired) electrons. The molecular formula is C60H56N2. The molecule has 8 aliphatic rings. The zero-order chi connectivity index (χ0) is 40.7. The summed E-state index contributed by atoms with van der Waals surface area (Å²) in [6.45, 7) is 0. The third-order valence-corrected chi connectivity index (χ3v) is 16.5. The van der Waals surface area contributed by atoms with Crippen molar-refractivity contribution in [1.82, 2.24) is 0 Å². The fourth-order valence-electron chi connectivity index (χ4n) is 14.1. The Morgan fingerprint density at radius 2 is 0.565 bits per heavy atom. The zero-order valence-electron chi connectivity index (χ0n) is 35.8. The highest BCUT2D eigenvalue weighted by molar-refractivity contribution is 5.85. The lowest BCUT2D eigenvalue weighted by Gasteiger charge is -2.38. The maximum atomic E-state index is 2.58. The molecule has 4 atom stereocenters. The van der Waals surface area contributed by atoms with Crippen LogP contribution in [-0.2, 0) is 0 Å². The summed E-state index contributed by atoms with van der Waals surface area (Å²) in [6, 6.07) is 64.5. The summed E-state index contributed by atoms with van der Waals surface area (Å²) in [5.74, 6) is 6.70. The molecule has 62 heavy (non-hydrogen) atoms. The van der Waals surface area contributed by atoms with Crippen molar-refractivity contribution in [2.24, 2.45) is 23.7 Å². The van der Waals surface area contributed by atoms with Crippen LogP contribution in [0.15, 0.2) is 170 Å². The van der Waals surface area contributed by atoms with Gasteiger partial charge >= 0.3 is 0 Å². The van der Waals surface area contributed by atoms with Gasteiger partial charge in [-0.1, -0.05) is 103 Å². The Kier molecular flexibility index (Phi) is 8.84. The Labute approximate surface area is 368 Å². The molecule has 0 aromatic heterocycles. The zero-order valence-corrected chi connectivity index (χ0v) is 35.8. The highest BCUT2D eigenvalue weighted by Gasteiger charge is 2.43. The van der Waals surface area contributed by atoms with Crippen LogP contribution in [0.3, 0.4) is 0 Å². The monoisotopic (exact) mass is 804 g/mol. The molecule has 0 saturated heterocycles. The van der Waals surface area contributed by atoms with Crippen molar-refractivity contribution >= 4 is 34.1 Å². The highest BCUT2D eigenvalue weighted by atomic mass is 15.2. The molecule has 2 nitrogen and oxygen atoms in total. The Balaban J connectivity index is 0.877. The van der Waals surface area contributed by atoms with Crippen molar-refractivity contribution in [3.05, 3.63) is 192 Å². The number of benzene rings is 7. The fraction of sp³-hybridized carbons (Fsp3) is 0.300. The smallest absolute Gasteiger partial charge is 0.0482 e. The third kappa shape index (κ3) is 6.43. The van der Waals surface area contributed by atoms with Gasteiger partial charge in [-0.25, -0.2) is 0 Å². The van der Waals surface area contributed by atoms with Crippen molar-refractivity contribution in [2.75, 3.05) is 9.80 Å². The normalized spacial score (nSPS) is 26.1. The van der Waals surface area contributed by atoms with Crippen LogP contribution < -0.4 is 9.80 Å². The van der Waals surface area contributed by atoms with E-state index in [9.17, 15) is 0 Å². The summed E-state index contributed by atoms with van der Waals surface area (Å²) >= 11 is 0. The predicted molar refractivity (Wildman–Crippen MR) is 258 cm³/mol. The molecule has 7 aromatic rings. The van der Waals surface area contributed by atoms with Gasteiger partial charge in [0, 0.05) is 34.1 Å². The molecule has 8 bridgehead atoms. The molecule has 7 aromatic carbocycles. The third-order valence-electron chi connectivity index (χ3n) is 16.5. The number of hydrogen-bond acceptors (Lipinski definition) is 2. The van der Waals surface area contributed by atoms with Crippen molar-refractivity contribution in [3.8, 4) is 22.3 Å². The molecular weight excluding hydrogens is 749 g/mol. The van der Waals surface area contributed by atoms with Crippen LogP contribution in [0.4, 0.5) is 34.1 Å². The summed E-state index contributed by atoms with van der Waals surface area (Å²) in [7, 11) is 0. The van der Waals surface area contributed by atoms with Gasteiger partial charge in [-0.3, -0.25) is 0 Å². The van der Waals surface area contributed by atoms with E-state index in [1.165, 1.54) is 97.8 Å². The van der Waals surface area contributed by atoms with E-state index in [2.05, 4.69) is 180 Å². The van der Waals surface area contributed by atoms with Gasteiger partial charge in [-0.05, 0) is 223 Å². The lowest BCUT2D eigenvalue weighted by molar-refractivity contribution is 0.165. The number of anilines is 6. The van der Waals surface area contributed by atoms with E-state index in [1.807, 2.05) is 0 Å². The first-order valence-electron chi connectivity index (χ1n) is 23.9. The summed E-state index contributed by atoms with van der Waals surface area (Å²) < 4.78 is 0. The average molecular weight is 805 g/mol. The van der Waals surface area contributed by atoms with E-state index in [1.54, 1.807) is 22.3 Å². The minimum Gasteiger partial charge on any atom is -0.310 e. The Bertz CT molecular complexity index is 2570. The fourth-order valence-corrected chi connectivity index (χ4v) is 14.1. The van der Waals surface area contributed by atoms with Crippen molar-refractivity contribution in [2.45, 2.75) is 87.9 Å². The second-order valence-corrected chi connectivity index (χ2v) is 20.3. The molecule has 2 heteroatoms. The van der Waals surface area contributed by atoms with Gasteiger partial charge in [0.2, 0.25) is 0 Å². The summed E-state index contributed by atoms with van der Waals surface area (Å²) in [6.07, 6.45) is 14.1. The van der Waals surface area contributed by atoms with E-state index in [0.29, 0.717) is 0 Å². The molecule has 306 valence electrons. The highest BCUT2D eigenvalue weighted by Crippen LogP contribution is 2.58. The lowest BCUT2D eigenvalue weighted by atomic mass is 9.67. The Hall–Kier alpha value is -5.86. The van der Waals surface area contributed by atoms with Gasteiger partial charge in [0.15, 0.2) is 0 Å². The van der Waals surface area contributed by atoms with Gasteiger partial charge < -0.3 is 9.80 Å². The second-order valence-electron chi connectivity index (χ2n) is 20.3. The van der Waals surface area contributed by atoms with Crippen LogP contribution >= 0.6 is 0 Å². The molecule has 4 saturated carbocycles. The largest absolute Gasteiger partial charge is 0.310 e. The number of nitrogens with zero attached hydrogens (tertiary/aromatic N) is 2. The quantitative estimate of drug-likeness (QED) is 0.151. The maximum absolute atomic E-state index is 2.58. The van der Waals surface area contributed by atoms with Crippen LogP contribution in [-0.4, -0.2) is 0 Å². The van der Waals surface area contributed by atoms with Crippen molar-refractivity contribution < 1.29 is 0 Å². The topological polar surface area (TPSA) is 6.48 Å².